The highest BCUT2D eigenvalue weighted by atomic mass is 32.2. The van der Waals surface area contributed by atoms with E-state index < -0.39 is 10.0 Å². The lowest BCUT2D eigenvalue weighted by Gasteiger charge is -2.30. The van der Waals surface area contributed by atoms with Crippen molar-refractivity contribution in [1.82, 2.24) is 14.4 Å². The average Bonchev–Trinajstić information content (AvgIpc) is 3.43. The maximum atomic E-state index is 12.9. The number of nitrogens with zero attached hydrogens (tertiary/aromatic N) is 3. The van der Waals surface area contributed by atoms with Gasteiger partial charge in [-0.15, -0.1) is 11.3 Å². The molecule has 33 heavy (non-hydrogen) atoms. The molecule has 8 nitrogen and oxygen atoms in total. The number of carbonyl (C=O) groups is 1. The Morgan fingerprint density at radius 2 is 1.82 bits per heavy atom. The molecule has 1 saturated heterocycles. The highest BCUT2D eigenvalue weighted by Gasteiger charge is 2.33. The van der Waals surface area contributed by atoms with E-state index in [9.17, 15) is 13.2 Å². The molecule has 1 amide bonds. The summed E-state index contributed by atoms with van der Waals surface area (Å²) in [5.41, 5.74) is 1.76. The first-order chi connectivity index (χ1) is 15.8. The summed E-state index contributed by atoms with van der Waals surface area (Å²) in [6.45, 7) is 4.53. The molecule has 0 atom stereocenters. The topological polar surface area (TPSA) is 105 Å². The van der Waals surface area contributed by atoms with Gasteiger partial charge in [0.1, 0.15) is 0 Å². The van der Waals surface area contributed by atoms with Crippen LogP contribution in [0, 0.1) is 19.8 Å². The molecular weight excluding hydrogens is 460 g/mol. The van der Waals surface area contributed by atoms with Crippen molar-refractivity contribution in [3.8, 4) is 10.7 Å². The molecule has 1 aliphatic carbocycles. The summed E-state index contributed by atoms with van der Waals surface area (Å²) in [6, 6.07) is 8.75. The summed E-state index contributed by atoms with van der Waals surface area (Å²) in [7, 11) is -3.54. The van der Waals surface area contributed by atoms with Crippen LogP contribution < -0.4 is 5.32 Å². The van der Waals surface area contributed by atoms with Gasteiger partial charge in [-0.3, -0.25) is 4.79 Å². The summed E-state index contributed by atoms with van der Waals surface area (Å²) in [5.74, 6) is 1.33. The van der Waals surface area contributed by atoms with Crippen LogP contribution >= 0.6 is 11.3 Å². The van der Waals surface area contributed by atoms with Crippen molar-refractivity contribution in [2.75, 3.05) is 18.4 Å². The second kappa shape index (κ2) is 8.66. The van der Waals surface area contributed by atoms with Crippen LogP contribution in [-0.4, -0.2) is 41.9 Å². The number of aryl methyl sites for hydroxylation is 2. The molecule has 3 heterocycles. The van der Waals surface area contributed by atoms with Gasteiger partial charge >= 0.3 is 0 Å². The molecule has 1 aliphatic heterocycles. The number of benzene rings is 1. The van der Waals surface area contributed by atoms with Gasteiger partial charge in [-0.25, -0.2) is 8.42 Å². The molecule has 1 aromatic carbocycles. The van der Waals surface area contributed by atoms with Crippen molar-refractivity contribution >= 4 is 33.0 Å². The highest BCUT2D eigenvalue weighted by Crippen LogP contribution is 2.40. The van der Waals surface area contributed by atoms with Crippen LogP contribution in [0.5, 0.6) is 0 Å². The third-order valence-electron chi connectivity index (χ3n) is 6.25. The Morgan fingerprint density at radius 3 is 2.48 bits per heavy atom. The van der Waals surface area contributed by atoms with E-state index >= 15 is 0 Å². The smallest absolute Gasteiger partial charge is 0.243 e. The SMILES string of the molecule is Cc1ccc(S(=O)(=O)N2CCC(C(=O)Nc3cc(-c4noc(C5CC5)n4)sc3C)CC2)cc1. The molecule has 0 spiro atoms. The number of carbonyl (C=O) groups excluding carboxylic acids is 1. The lowest BCUT2D eigenvalue weighted by atomic mass is 9.97. The first-order valence-electron chi connectivity index (χ1n) is 11.1. The number of sulfonamides is 1. The van der Waals surface area contributed by atoms with Crippen LogP contribution in [0.3, 0.4) is 0 Å². The number of hydrogen-bond donors (Lipinski definition) is 1. The molecular formula is C23H26N4O4S2. The van der Waals surface area contributed by atoms with Crippen molar-refractivity contribution < 1.29 is 17.7 Å². The predicted molar refractivity (Wildman–Crippen MR) is 126 cm³/mol. The Labute approximate surface area is 197 Å². The van der Waals surface area contributed by atoms with Gasteiger partial charge in [0.2, 0.25) is 27.6 Å². The summed E-state index contributed by atoms with van der Waals surface area (Å²) < 4.78 is 32.6. The van der Waals surface area contributed by atoms with E-state index in [1.54, 1.807) is 24.3 Å². The molecule has 10 heteroatoms. The van der Waals surface area contributed by atoms with E-state index in [1.807, 2.05) is 19.9 Å². The van der Waals surface area contributed by atoms with Gasteiger partial charge in [0.15, 0.2) is 0 Å². The Kier molecular flexibility index (Phi) is 5.84. The Balaban J connectivity index is 1.21. The Hall–Kier alpha value is -2.56. The number of anilines is 1. The summed E-state index contributed by atoms with van der Waals surface area (Å²) in [5, 5.41) is 7.10. The van der Waals surface area contributed by atoms with Crippen molar-refractivity contribution in [2.24, 2.45) is 5.92 Å². The van der Waals surface area contributed by atoms with E-state index in [1.165, 1.54) is 15.6 Å². The van der Waals surface area contributed by atoms with Gasteiger partial charge < -0.3 is 9.84 Å². The zero-order chi connectivity index (χ0) is 23.2. The maximum absolute atomic E-state index is 12.9. The number of amides is 1. The third-order valence-corrected chi connectivity index (χ3v) is 9.21. The predicted octanol–water partition coefficient (Wildman–Crippen LogP) is 4.33. The van der Waals surface area contributed by atoms with Gasteiger partial charge in [0, 0.05) is 29.8 Å². The first kappa shape index (κ1) is 22.2. The van der Waals surface area contributed by atoms with E-state index in [4.69, 9.17) is 4.52 Å². The van der Waals surface area contributed by atoms with Crippen LogP contribution in [0.2, 0.25) is 0 Å². The second-order valence-electron chi connectivity index (χ2n) is 8.79. The fourth-order valence-electron chi connectivity index (χ4n) is 4.00. The van der Waals surface area contributed by atoms with Crippen molar-refractivity contribution in [2.45, 2.75) is 50.3 Å². The van der Waals surface area contributed by atoms with Gasteiger partial charge in [0.05, 0.1) is 15.5 Å². The monoisotopic (exact) mass is 486 g/mol. The minimum Gasteiger partial charge on any atom is -0.339 e. The summed E-state index contributed by atoms with van der Waals surface area (Å²) in [4.78, 5) is 19.5. The fourth-order valence-corrected chi connectivity index (χ4v) is 6.37. The molecule has 2 aliphatic rings. The number of aromatic nitrogens is 2. The van der Waals surface area contributed by atoms with E-state index in [2.05, 4.69) is 15.5 Å². The molecule has 1 saturated carbocycles. The lowest BCUT2D eigenvalue weighted by Crippen LogP contribution is -2.41. The molecule has 174 valence electrons. The number of thiophene rings is 1. The minimum atomic E-state index is -3.54. The zero-order valence-electron chi connectivity index (χ0n) is 18.6. The quantitative estimate of drug-likeness (QED) is 0.556. The van der Waals surface area contributed by atoms with Crippen LogP contribution in [0.25, 0.3) is 10.7 Å². The van der Waals surface area contributed by atoms with Gasteiger partial charge in [-0.05, 0) is 57.7 Å². The van der Waals surface area contributed by atoms with E-state index in [-0.39, 0.29) is 11.8 Å². The Morgan fingerprint density at radius 1 is 1.12 bits per heavy atom. The number of rotatable bonds is 6. The largest absolute Gasteiger partial charge is 0.339 e. The molecule has 2 aromatic heterocycles. The normalized spacial score (nSPS) is 17.9. The van der Waals surface area contributed by atoms with Gasteiger partial charge in [0.25, 0.3) is 0 Å². The van der Waals surface area contributed by atoms with Crippen LogP contribution in [0.4, 0.5) is 5.69 Å². The third kappa shape index (κ3) is 4.60. The number of piperidine rings is 1. The zero-order valence-corrected chi connectivity index (χ0v) is 20.2. The summed E-state index contributed by atoms with van der Waals surface area (Å²) >= 11 is 1.52. The molecule has 5 rings (SSSR count). The maximum Gasteiger partial charge on any atom is 0.243 e. The van der Waals surface area contributed by atoms with Crippen LogP contribution in [-0.2, 0) is 14.8 Å². The van der Waals surface area contributed by atoms with E-state index in [0.29, 0.717) is 48.5 Å². The lowest BCUT2D eigenvalue weighted by molar-refractivity contribution is -0.120. The van der Waals surface area contributed by atoms with Crippen LogP contribution in [0.1, 0.15) is 47.9 Å². The summed E-state index contributed by atoms with van der Waals surface area (Å²) in [6.07, 6.45) is 3.17. The van der Waals surface area contributed by atoms with Crippen molar-refractivity contribution in [1.29, 1.82) is 0 Å². The first-order valence-corrected chi connectivity index (χ1v) is 13.4. The molecule has 3 aromatic rings. The molecule has 2 fully saturated rings. The molecule has 0 bridgehead atoms. The molecule has 1 N–H and O–H groups in total. The minimum absolute atomic E-state index is 0.0818. The van der Waals surface area contributed by atoms with Crippen LogP contribution in [0.15, 0.2) is 39.8 Å². The van der Waals surface area contributed by atoms with Gasteiger partial charge in [-0.1, -0.05) is 22.9 Å². The molecule has 0 unspecified atom stereocenters. The Bertz CT molecular complexity index is 1270. The van der Waals surface area contributed by atoms with Gasteiger partial charge in [-0.2, -0.15) is 9.29 Å². The second-order valence-corrected chi connectivity index (χ2v) is 12.0. The van der Waals surface area contributed by atoms with E-state index in [0.717, 1.165) is 33.8 Å². The fraction of sp³-hybridized carbons (Fsp3) is 0.435. The molecule has 0 radical (unpaired) electrons. The standard InChI is InChI=1S/C23H26N4O4S2/c1-14-3-7-18(8-4-14)33(29,30)27-11-9-16(10-12-27)22(28)24-19-13-20(32-15(19)2)21-25-23(31-26-21)17-5-6-17/h3-4,7-8,13,16-17H,5-6,9-12H2,1-2H3,(H,24,28). The average molecular weight is 487 g/mol. The van der Waals surface area contributed by atoms with Crippen molar-refractivity contribution in [3.63, 3.8) is 0 Å². The number of nitrogens with one attached hydrogen (secondary N) is 1. The highest BCUT2D eigenvalue weighted by molar-refractivity contribution is 7.89. The van der Waals surface area contributed by atoms with Crippen molar-refractivity contribution in [3.05, 3.63) is 46.7 Å². The number of hydrogen-bond acceptors (Lipinski definition) is 7.